The summed E-state index contributed by atoms with van der Waals surface area (Å²) in [6.07, 6.45) is 1.33. The molecule has 0 bridgehead atoms. The molecule has 1 fully saturated rings. The molecule has 1 amide bonds. The summed E-state index contributed by atoms with van der Waals surface area (Å²) < 4.78 is 27.5. The molecule has 1 aliphatic rings. The number of hydrogen-bond acceptors (Lipinski definition) is 4. The Morgan fingerprint density at radius 3 is 2.62 bits per heavy atom. The maximum absolute atomic E-state index is 12.8. The van der Waals surface area contributed by atoms with Crippen molar-refractivity contribution in [2.45, 2.75) is 23.8 Å². The Kier molecular flexibility index (Phi) is 5.37. The molecular weight excluding hydrogens is 358 g/mol. The van der Waals surface area contributed by atoms with Crippen molar-refractivity contribution in [2.75, 3.05) is 19.6 Å². The zero-order valence-electron chi connectivity index (χ0n) is 11.5. The van der Waals surface area contributed by atoms with Crippen LogP contribution in [0.1, 0.15) is 12.8 Å². The van der Waals surface area contributed by atoms with E-state index >= 15 is 0 Å². The van der Waals surface area contributed by atoms with Crippen LogP contribution in [0.2, 0.25) is 0 Å². The lowest BCUT2D eigenvalue weighted by atomic mass is 10.1. The van der Waals surface area contributed by atoms with Gasteiger partial charge in [0.1, 0.15) is 0 Å². The third-order valence-corrected chi connectivity index (χ3v) is 5.82. The van der Waals surface area contributed by atoms with E-state index in [1.54, 1.807) is 12.1 Å². The third kappa shape index (κ3) is 4.03. The Labute approximate surface area is 132 Å². The van der Waals surface area contributed by atoms with Crippen molar-refractivity contribution >= 4 is 31.9 Å². The number of benzene rings is 1. The van der Waals surface area contributed by atoms with Crippen molar-refractivity contribution in [3.05, 3.63) is 28.7 Å². The van der Waals surface area contributed by atoms with Crippen LogP contribution in [0, 0.1) is 0 Å². The van der Waals surface area contributed by atoms with E-state index in [9.17, 15) is 13.2 Å². The molecule has 1 aliphatic heterocycles. The molecule has 6 nitrogen and oxygen atoms in total. The maximum Gasteiger partial charge on any atom is 0.243 e. The molecule has 0 aromatic heterocycles. The van der Waals surface area contributed by atoms with E-state index in [4.69, 9.17) is 5.73 Å². The minimum Gasteiger partial charge on any atom is -0.369 e. The van der Waals surface area contributed by atoms with Crippen LogP contribution in [0.4, 0.5) is 0 Å². The molecule has 21 heavy (non-hydrogen) atoms. The second-order valence-electron chi connectivity index (χ2n) is 4.96. The van der Waals surface area contributed by atoms with Gasteiger partial charge in [-0.2, -0.15) is 4.31 Å². The summed E-state index contributed by atoms with van der Waals surface area (Å²) in [4.78, 5) is 11.5. The Balaban J connectivity index is 2.36. The summed E-state index contributed by atoms with van der Waals surface area (Å²) in [6, 6.07) is 6.26. The van der Waals surface area contributed by atoms with Gasteiger partial charge in [0.15, 0.2) is 0 Å². The number of amides is 1. The number of halogens is 1. The second-order valence-corrected chi connectivity index (χ2v) is 7.76. The summed E-state index contributed by atoms with van der Waals surface area (Å²) >= 11 is 3.27. The molecule has 0 atom stereocenters. The lowest BCUT2D eigenvalue weighted by Gasteiger charge is -2.32. The first-order valence-electron chi connectivity index (χ1n) is 6.67. The molecule has 0 unspecified atom stereocenters. The first-order valence-corrected chi connectivity index (χ1v) is 8.91. The van der Waals surface area contributed by atoms with Crippen molar-refractivity contribution in [1.82, 2.24) is 9.62 Å². The average Bonchev–Trinajstić information content (AvgIpc) is 2.45. The van der Waals surface area contributed by atoms with Crippen LogP contribution in [0.3, 0.4) is 0 Å². The fourth-order valence-electron chi connectivity index (χ4n) is 2.42. The van der Waals surface area contributed by atoms with Crippen molar-refractivity contribution in [3.8, 4) is 0 Å². The highest BCUT2D eigenvalue weighted by molar-refractivity contribution is 9.10. The van der Waals surface area contributed by atoms with Gasteiger partial charge in [0.25, 0.3) is 0 Å². The number of nitrogens with two attached hydrogens (primary N) is 1. The molecule has 2 rings (SSSR count). The van der Waals surface area contributed by atoms with E-state index in [-0.39, 0.29) is 17.5 Å². The molecule has 0 aliphatic carbocycles. The molecule has 1 aromatic carbocycles. The second kappa shape index (κ2) is 6.87. The van der Waals surface area contributed by atoms with Crippen LogP contribution in [-0.4, -0.2) is 44.3 Å². The number of sulfonamides is 1. The largest absolute Gasteiger partial charge is 0.369 e. The first kappa shape index (κ1) is 16.4. The lowest BCUT2D eigenvalue weighted by Crippen LogP contribution is -2.49. The quantitative estimate of drug-likeness (QED) is 0.791. The van der Waals surface area contributed by atoms with Gasteiger partial charge in [0.05, 0.1) is 11.4 Å². The van der Waals surface area contributed by atoms with E-state index in [0.717, 1.165) is 13.1 Å². The zero-order valence-corrected chi connectivity index (χ0v) is 13.9. The van der Waals surface area contributed by atoms with Crippen molar-refractivity contribution < 1.29 is 13.2 Å². The minimum atomic E-state index is -3.74. The Bertz CT molecular complexity index is 615. The molecule has 1 heterocycles. The highest BCUT2D eigenvalue weighted by Gasteiger charge is 2.33. The standard InChI is InChI=1S/C13H18BrN3O3S/c14-10-2-1-3-12(8-10)21(19,20)17(9-13(15)18)11-4-6-16-7-5-11/h1-3,8,11,16H,4-7,9H2,(H2,15,18). The molecule has 3 N–H and O–H groups in total. The van der Waals surface area contributed by atoms with Gasteiger partial charge in [-0.15, -0.1) is 0 Å². The lowest BCUT2D eigenvalue weighted by molar-refractivity contribution is -0.118. The number of nitrogens with one attached hydrogen (secondary N) is 1. The molecule has 116 valence electrons. The summed E-state index contributed by atoms with van der Waals surface area (Å²) in [5.41, 5.74) is 5.23. The smallest absolute Gasteiger partial charge is 0.243 e. The van der Waals surface area contributed by atoms with Crippen LogP contribution < -0.4 is 11.1 Å². The number of carbonyl (C=O) groups excluding carboxylic acids is 1. The zero-order chi connectivity index (χ0) is 15.5. The third-order valence-electron chi connectivity index (χ3n) is 3.43. The molecule has 0 spiro atoms. The fraction of sp³-hybridized carbons (Fsp3) is 0.462. The first-order chi connectivity index (χ1) is 9.91. The van der Waals surface area contributed by atoms with E-state index in [2.05, 4.69) is 21.2 Å². The molecule has 0 radical (unpaired) electrons. The van der Waals surface area contributed by atoms with Crippen LogP contribution in [0.5, 0.6) is 0 Å². The number of primary amides is 1. The highest BCUT2D eigenvalue weighted by Crippen LogP contribution is 2.24. The van der Waals surface area contributed by atoms with Gasteiger partial charge in [0, 0.05) is 10.5 Å². The number of hydrogen-bond donors (Lipinski definition) is 2. The molecule has 1 saturated heterocycles. The van der Waals surface area contributed by atoms with Crippen LogP contribution in [-0.2, 0) is 14.8 Å². The van der Waals surface area contributed by atoms with E-state index in [1.807, 2.05) is 0 Å². The van der Waals surface area contributed by atoms with Crippen LogP contribution >= 0.6 is 15.9 Å². The van der Waals surface area contributed by atoms with Gasteiger partial charge >= 0.3 is 0 Å². The summed E-state index contributed by atoms with van der Waals surface area (Å²) in [5.74, 6) is -0.646. The average molecular weight is 376 g/mol. The number of piperidine rings is 1. The Hall–Kier alpha value is -0.960. The molecule has 1 aromatic rings. The molecule has 0 saturated carbocycles. The van der Waals surface area contributed by atoms with Gasteiger partial charge in [-0.05, 0) is 44.1 Å². The molecular formula is C13H18BrN3O3S. The molecule has 8 heteroatoms. The van der Waals surface area contributed by atoms with Gasteiger partial charge < -0.3 is 11.1 Å². The van der Waals surface area contributed by atoms with Gasteiger partial charge in [-0.25, -0.2) is 8.42 Å². The van der Waals surface area contributed by atoms with Gasteiger partial charge in [-0.1, -0.05) is 22.0 Å². The van der Waals surface area contributed by atoms with Crippen molar-refractivity contribution in [2.24, 2.45) is 5.73 Å². The van der Waals surface area contributed by atoms with Crippen molar-refractivity contribution in [3.63, 3.8) is 0 Å². The predicted octanol–water partition coefficient (Wildman–Crippen LogP) is 0.677. The number of carbonyl (C=O) groups is 1. The summed E-state index contributed by atoms with van der Waals surface area (Å²) in [6.45, 7) is 1.17. The van der Waals surface area contributed by atoms with E-state index in [1.165, 1.54) is 16.4 Å². The van der Waals surface area contributed by atoms with Crippen LogP contribution in [0.15, 0.2) is 33.6 Å². The SMILES string of the molecule is NC(=O)CN(C1CCNCC1)S(=O)(=O)c1cccc(Br)c1. The van der Waals surface area contributed by atoms with Gasteiger partial charge in [-0.3, -0.25) is 4.79 Å². The number of rotatable bonds is 5. The van der Waals surface area contributed by atoms with Crippen molar-refractivity contribution in [1.29, 1.82) is 0 Å². The minimum absolute atomic E-state index is 0.164. The fourth-order valence-corrected chi connectivity index (χ4v) is 4.67. The summed E-state index contributed by atoms with van der Waals surface area (Å²) in [5, 5.41) is 3.18. The Morgan fingerprint density at radius 1 is 1.38 bits per heavy atom. The topological polar surface area (TPSA) is 92.5 Å². The Morgan fingerprint density at radius 2 is 2.05 bits per heavy atom. The van der Waals surface area contributed by atoms with Gasteiger partial charge in [0.2, 0.25) is 15.9 Å². The normalized spacial score (nSPS) is 17.0. The number of nitrogens with zero attached hydrogens (tertiary/aromatic N) is 1. The van der Waals surface area contributed by atoms with E-state index < -0.39 is 15.9 Å². The maximum atomic E-state index is 12.8. The monoisotopic (exact) mass is 375 g/mol. The highest BCUT2D eigenvalue weighted by atomic mass is 79.9. The van der Waals surface area contributed by atoms with E-state index in [0.29, 0.717) is 17.3 Å². The predicted molar refractivity (Wildman–Crippen MR) is 83.1 cm³/mol. The summed E-state index contributed by atoms with van der Waals surface area (Å²) in [7, 11) is -3.74. The van der Waals surface area contributed by atoms with Crippen LogP contribution in [0.25, 0.3) is 0 Å².